The molecule has 20 heavy (non-hydrogen) atoms. The smallest absolute Gasteiger partial charge is 0.305 e. The number of halogens is 2. The number of nitrogens with one attached hydrogen (secondary N) is 1. The molecular formula is C14H15ClFNO3. The molecule has 0 aromatic heterocycles. The lowest BCUT2D eigenvalue weighted by atomic mass is 10.0. The Kier molecular flexibility index (Phi) is 5.70. The number of benzene rings is 1. The number of hydrogen-bond donors (Lipinski definition) is 2. The molecule has 4 nitrogen and oxygen atoms in total. The van der Waals surface area contributed by atoms with E-state index in [0.717, 1.165) is 6.07 Å². The van der Waals surface area contributed by atoms with E-state index in [4.69, 9.17) is 16.7 Å². The van der Waals surface area contributed by atoms with Crippen LogP contribution >= 0.6 is 11.6 Å². The van der Waals surface area contributed by atoms with Gasteiger partial charge in [0.15, 0.2) is 0 Å². The monoisotopic (exact) mass is 299 g/mol. The molecule has 1 aromatic carbocycles. The first-order valence-corrected chi connectivity index (χ1v) is 6.33. The number of rotatable bonds is 5. The van der Waals surface area contributed by atoms with Crippen molar-refractivity contribution in [3.05, 3.63) is 46.3 Å². The predicted molar refractivity (Wildman–Crippen MR) is 74.0 cm³/mol. The maximum atomic E-state index is 13.4. The van der Waals surface area contributed by atoms with Crippen molar-refractivity contribution in [3.8, 4) is 0 Å². The van der Waals surface area contributed by atoms with Gasteiger partial charge in [-0.15, -0.1) is 0 Å². The number of amides is 1. The molecule has 1 aromatic rings. The molecular weight excluding hydrogens is 285 g/mol. The molecule has 0 fully saturated rings. The minimum atomic E-state index is -1.09. The van der Waals surface area contributed by atoms with Crippen molar-refractivity contribution in [1.82, 2.24) is 5.32 Å². The summed E-state index contributed by atoms with van der Waals surface area (Å²) in [6.45, 7) is 3.30. The summed E-state index contributed by atoms with van der Waals surface area (Å²) in [5, 5.41) is 11.4. The average Bonchev–Trinajstić information content (AvgIpc) is 2.39. The maximum absolute atomic E-state index is 13.4. The van der Waals surface area contributed by atoms with Crippen molar-refractivity contribution >= 4 is 23.5 Å². The standard InChI is InChI=1S/C14H15ClFNO3/c1-3-8(2)14(20)17-12(7-13(18)19)9-4-5-10(15)11(16)6-9/h3-6,12H,7H2,1-2H3,(H,17,20)(H,18,19). The van der Waals surface area contributed by atoms with E-state index in [2.05, 4.69) is 5.32 Å². The second kappa shape index (κ2) is 7.05. The summed E-state index contributed by atoms with van der Waals surface area (Å²) >= 11 is 5.58. The van der Waals surface area contributed by atoms with Gasteiger partial charge in [0.1, 0.15) is 5.82 Å². The van der Waals surface area contributed by atoms with E-state index in [1.165, 1.54) is 12.1 Å². The number of carbonyl (C=O) groups is 2. The normalized spacial score (nSPS) is 12.9. The van der Waals surface area contributed by atoms with Crippen LogP contribution in [-0.2, 0) is 9.59 Å². The maximum Gasteiger partial charge on any atom is 0.305 e. The van der Waals surface area contributed by atoms with E-state index in [1.807, 2.05) is 0 Å². The van der Waals surface area contributed by atoms with Crippen molar-refractivity contribution in [1.29, 1.82) is 0 Å². The molecule has 0 saturated heterocycles. The zero-order chi connectivity index (χ0) is 15.3. The Balaban J connectivity index is 3.02. The fourth-order valence-electron chi connectivity index (χ4n) is 1.56. The first kappa shape index (κ1) is 16.2. The molecule has 108 valence electrons. The van der Waals surface area contributed by atoms with E-state index in [1.54, 1.807) is 19.9 Å². The van der Waals surface area contributed by atoms with Gasteiger partial charge < -0.3 is 10.4 Å². The van der Waals surface area contributed by atoms with Gasteiger partial charge in [-0.1, -0.05) is 23.7 Å². The molecule has 0 heterocycles. The van der Waals surface area contributed by atoms with Crippen molar-refractivity contribution in [2.45, 2.75) is 26.3 Å². The molecule has 0 bridgehead atoms. The molecule has 1 rings (SSSR count). The summed E-state index contributed by atoms with van der Waals surface area (Å²) in [6.07, 6.45) is 1.26. The Morgan fingerprint density at radius 2 is 2.15 bits per heavy atom. The molecule has 0 spiro atoms. The largest absolute Gasteiger partial charge is 0.481 e. The fraction of sp³-hybridized carbons (Fsp3) is 0.286. The van der Waals surface area contributed by atoms with Gasteiger partial charge in [0.25, 0.3) is 0 Å². The van der Waals surface area contributed by atoms with Crippen LogP contribution in [0, 0.1) is 5.82 Å². The van der Waals surface area contributed by atoms with Gasteiger partial charge in [-0.25, -0.2) is 4.39 Å². The number of hydrogen-bond acceptors (Lipinski definition) is 2. The Morgan fingerprint density at radius 3 is 2.65 bits per heavy atom. The molecule has 0 radical (unpaired) electrons. The lowest BCUT2D eigenvalue weighted by molar-refractivity contribution is -0.137. The third-order valence-electron chi connectivity index (χ3n) is 2.82. The van der Waals surface area contributed by atoms with Crippen LogP contribution in [0.4, 0.5) is 4.39 Å². The topological polar surface area (TPSA) is 66.4 Å². The third-order valence-corrected chi connectivity index (χ3v) is 3.13. The fourth-order valence-corrected chi connectivity index (χ4v) is 1.68. The van der Waals surface area contributed by atoms with E-state index in [0.29, 0.717) is 11.1 Å². The quantitative estimate of drug-likeness (QED) is 0.821. The summed E-state index contributed by atoms with van der Waals surface area (Å²) in [5.74, 6) is -2.14. The number of carbonyl (C=O) groups excluding carboxylic acids is 1. The lowest BCUT2D eigenvalue weighted by Gasteiger charge is -2.18. The van der Waals surface area contributed by atoms with Gasteiger partial charge in [0.05, 0.1) is 17.5 Å². The minimum Gasteiger partial charge on any atom is -0.481 e. The van der Waals surface area contributed by atoms with Gasteiger partial charge in [-0.2, -0.15) is 0 Å². The predicted octanol–water partition coefficient (Wildman–Crippen LogP) is 3.08. The number of carboxylic acids is 1. The van der Waals surface area contributed by atoms with E-state index < -0.39 is 23.7 Å². The lowest BCUT2D eigenvalue weighted by Crippen LogP contribution is -2.30. The van der Waals surface area contributed by atoms with Crippen LogP contribution in [0.3, 0.4) is 0 Å². The highest BCUT2D eigenvalue weighted by atomic mass is 35.5. The Morgan fingerprint density at radius 1 is 1.50 bits per heavy atom. The van der Waals surface area contributed by atoms with Gasteiger partial charge in [0, 0.05) is 5.57 Å². The van der Waals surface area contributed by atoms with E-state index in [9.17, 15) is 14.0 Å². The molecule has 0 aliphatic heterocycles. The summed E-state index contributed by atoms with van der Waals surface area (Å²) < 4.78 is 13.4. The molecule has 6 heteroatoms. The first-order valence-electron chi connectivity index (χ1n) is 5.95. The van der Waals surface area contributed by atoms with Gasteiger partial charge in [-0.3, -0.25) is 9.59 Å². The van der Waals surface area contributed by atoms with Crippen LogP contribution in [0.25, 0.3) is 0 Å². The Hall–Kier alpha value is -1.88. The zero-order valence-electron chi connectivity index (χ0n) is 11.1. The number of allylic oxidation sites excluding steroid dienone is 1. The summed E-state index contributed by atoms with van der Waals surface area (Å²) in [4.78, 5) is 22.7. The molecule has 1 atom stereocenters. The van der Waals surface area contributed by atoms with E-state index >= 15 is 0 Å². The van der Waals surface area contributed by atoms with Crippen LogP contribution in [0.2, 0.25) is 5.02 Å². The SMILES string of the molecule is CC=C(C)C(=O)NC(CC(=O)O)c1ccc(Cl)c(F)c1. The van der Waals surface area contributed by atoms with Crippen LogP contribution in [0.1, 0.15) is 31.9 Å². The number of aliphatic carboxylic acids is 1. The molecule has 1 amide bonds. The summed E-state index contributed by atoms with van der Waals surface area (Å²) in [5.41, 5.74) is 0.807. The highest BCUT2D eigenvalue weighted by molar-refractivity contribution is 6.30. The van der Waals surface area contributed by atoms with Crippen molar-refractivity contribution in [2.24, 2.45) is 0 Å². The second-order valence-corrected chi connectivity index (χ2v) is 4.68. The van der Waals surface area contributed by atoms with Gasteiger partial charge >= 0.3 is 5.97 Å². The van der Waals surface area contributed by atoms with Crippen LogP contribution in [0.15, 0.2) is 29.8 Å². The Labute approximate surface area is 121 Å². The van der Waals surface area contributed by atoms with Gasteiger partial charge in [-0.05, 0) is 31.5 Å². The molecule has 1 unspecified atom stereocenters. The average molecular weight is 300 g/mol. The van der Waals surface area contributed by atoms with Crippen LogP contribution < -0.4 is 5.32 Å². The minimum absolute atomic E-state index is 0.0567. The van der Waals surface area contributed by atoms with Crippen molar-refractivity contribution in [2.75, 3.05) is 0 Å². The second-order valence-electron chi connectivity index (χ2n) is 4.27. The Bertz CT molecular complexity index is 557. The summed E-state index contributed by atoms with van der Waals surface area (Å²) in [7, 11) is 0. The third kappa shape index (κ3) is 4.35. The van der Waals surface area contributed by atoms with Crippen LogP contribution in [0.5, 0.6) is 0 Å². The van der Waals surface area contributed by atoms with Crippen LogP contribution in [-0.4, -0.2) is 17.0 Å². The molecule has 0 aliphatic carbocycles. The summed E-state index contributed by atoms with van der Waals surface area (Å²) in [6, 6.07) is 3.13. The van der Waals surface area contributed by atoms with Crippen molar-refractivity contribution < 1.29 is 19.1 Å². The number of carboxylic acid groups (broad SMARTS) is 1. The molecule has 0 saturated carbocycles. The zero-order valence-corrected chi connectivity index (χ0v) is 11.9. The highest BCUT2D eigenvalue weighted by Crippen LogP contribution is 2.22. The van der Waals surface area contributed by atoms with Gasteiger partial charge in [0.2, 0.25) is 5.91 Å². The molecule has 2 N–H and O–H groups in total. The first-order chi connectivity index (χ1) is 9.35. The van der Waals surface area contributed by atoms with E-state index in [-0.39, 0.29) is 11.4 Å². The highest BCUT2D eigenvalue weighted by Gasteiger charge is 2.19. The van der Waals surface area contributed by atoms with Crippen molar-refractivity contribution in [3.63, 3.8) is 0 Å². The molecule has 0 aliphatic rings.